The lowest BCUT2D eigenvalue weighted by molar-refractivity contribution is -0.132. The molecule has 1 fully saturated rings. The zero-order valence-electron chi connectivity index (χ0n) is 19.8. The fourth-order valence-corrected chi connectivity index (χ4v) is 4.60. The van der Waals surface area contributed by atoms with Crippen molar-refractivity contribution < 1.29 is 24.5 Å². The van der Waals surface area contributed by atoms with Gasteiger partial charge < -0.3 is 14.9 Å². The predicted molar refractivity (Wildman–Crippen MR) is 131 cm³/mol. The summed E-state index contributed by atoms with van der Waals surface area (Å²) in [6, 6.07) is 14.6. The zero-order chi connectivity index (χ0) is 24.7. The first-order valence-corrected chi connectivity index (χ1v) is 11.0. The lowest BCUT2D eigenvalue weighted by Gasteiger charge is -2.27. The highest BCUT2D eigenvalue weighted by atomic mass is 16.5. The number of phenols is 1. The van der Waals surface area contributed by atoms with Crippen LogP contribution in [0, 0.1) is 27.7 Å². The summed E-state index contributed by atoms with van der Waals surface area (Å²) in [5.74, 6) is -1.31. The van der Waals surface area contributed by atoms with Crippen molar-refractivity contribution in [3.8, 4) is 11.5 Å². The minimum atomic E-state index is -0.883. The van der Waals surface area contributed by atoms with Crippen LogP contribution in [0.25, 0.3) is 5.76 Å². The van der Waals surface area contributed by atoms with Gasteiger partial charge in [-0.2, -0.15) is 0 Å². The Hall–Kier alpha value is -4.06. The molecule has 1 atom stereocenters. The number of ether oxygens (including phenoxy) is 1. The third-order valence-electron chi connectivity index (χ3n) is 6.37. The van der Waals surface area contributed by atoms with Crippen LogP contribution in [0.1, 0.15) is 39.4 Å². The average molecular weight is 458 g/mol. The number of hydrogen-bond acceptors (Lipinski definition) is 5. The molecular formula is C28H27NO5. The number of aliphatic hydroxyl groups is 1. The second-order valence-electron chi connectivity index (χ2n) is 8.64. The molecule has 6 heteroatoms. The Morgan fingerprint density at radius 3 is 2.26 bits per heavy atom. The van der Waals surface area contributed by atoms with Crippen LogP contribution in [0.2, 0.25) is 0 Å². The van der Waals surface area contributed by atoms with Crippen molar-refractivity contribution in [2.24, 2.45) is 0 Å². The molecule has 0 radical (unpaired) electrons. The molecule has 0 aromatic heterocycles. The molecular weight excluding hydrogens is 430 g/mol. The van der Waals surface area contributed by atoms with Crippen molar-refractivity contribution in [1.82, 2.24) is 0 Å². The number of aliphatic hydroxyl groups excluding tert-OH is 1. The third-order valence-corrected chi connectivity index (χ3v) is 6.37. The number of aryl methyl sites for hydroxylation is 3. The van der Waals surface area contributed by atoms with Gasteiger partial charge in [0.1, 0.15) is 17.3 Å². The highest BCUT2D eigenvalue weighted by molar-refractivity contribution is 6.51. The van der Waals surface area contributed by atoms with Crippen LogP contribution in [0.5, 0.6) is 11.5 Å². The monoisotopic (exact) mass is 457 g/mol. The molecule has 1 amide bonds. The van der Waals surface area contributed by atoms with Crippen LogP contribution in [0.4, 0.5) is 5.69 Å². The molecule has 0 saturated carbocycles. The van der Waals surface area contributed by atoms with E-state index in [-0.39, 0.29) is 17.1 Å². The molecule has 6 nitrogen and oxygen atoms in total. The minimum Gasteiger partial charge on any atom is -0.508 e. The molecule has 1 unspecified atom stereocenters. The molecule has 2 N–H and O–H groups in total. The third kappa shape index (κ3) is 3.71. The maximum absolute atomic E-state index is 13.4. The summed E-state index contributed by atoms with van der Waals surface area (Å²) in [6.45, 7) is 7.57. The van der Waals surface area contributed by atoms with Gasteiger partial charge in [-0.15, -0.1) is 0 Å². The Balaban J connectivity index is 2.04. The van der Waals surface area contributed by atoms with Gasteiger partial charge in [-0.25, -0.2) is 0 Å². The first-order valence-electron chi connectivity index (χ1n) is 11.0. The second-order valence-corrected chi connectivity index (χ2v) is 8.64. The quantitative estimate of drug-likeness (QED) is 0.317. The molecule has 3 aromatic carbocycles. The number of carbonyl (C=O) groups is 2. The van der Waals surface area contributed by atoms with E-state index in [1.165, 1.54) is 24.1 Å². The molecule has 0 bridgehead atoms. The van der Waals surface area contributed by atoms with E-state index in [0.717, 1.165) is 22.3 Å². The molecule has 1 heterocycles. The Labute approximate surface area is 198 Å². The second kappa shape index (κ2) is 8.71. The van der Waals surface area contributed by atoms with E-state index in [1.54, 1.807) is 24.3 Å². The van der Waals surface area contributed by atoms with E-state index in [0.29, 0.717) is 22.6 Å². The number of nitrogens with zero attached hydrogens (tertiary/aromatic N) is 1. The van der Waals surface area contributed by atoms with Crippen LogP contribution >= 0.6 is 0 Å². The number of carbonyl (C=O) groups excluding carboxylic acids is 2. The van der Waals surface area contributed by atoms with Crippen molar-refractivity contribution >= 4 is 23.1 Å². The van der Waals surface area contributed by atoms with Crippen molar-refractivity contribution in [2.45, 2.75) is 33.7 Å². The van der Waals surface area contributed by atoms with Crippen LogP contribution in [0.3, 0.4) is 0 Å². The summed E-state index contributed by atoms with van der Waals surface area (Å²) in [5.41, 5.74) is 5.01. The van der Waals surface area contributed by atoms with E-state index in [1.807, 2.05) is 45.9 Å². The molecule has 1 saturated heterocycles. The van der Waals surface area contributed by atoms with Crippen molar-refractivity contribution in [3.63, 3.8) is 0 Å². The largest absolute Gasteiger partial charge is 0.508 e. The van der Waals surface area contributed by atoms with Gasteiger partial charge in [0.25, 0.3) is 11.7 Å². The maximum atomic E-state index is 13.4. The summed E-state index contributed by atoms with van der Waals surface area (Å²) in [7, 11) is 1.50. The van der Waals surface area contributed by atoms with E-state index < -0.39 is 17.7 Å². The molecule has 3 aromatic rings. The molecule has 34 heavy (non-hydrogen) atoms. The lowest BCUT2D eigenvalue weighted by Crippen LogP contribution is -2.30. The molecule has 0 aliphatic carbocycles. The average Bonchev–Trinajstić information content (AvgIpc) is 3.06. The number of aromatic hydroxyl groups is 1. The van der Waals surface area contributed by atoms with Crippen molar-refractivity contribution in [3.05, 3.63) is 93.6 Å². The van der Waals surface area contributed by atoms with Crippen LogP contribution in [-0.4, -0.2) is 29.0 Å². The van der Waals surface area contributed by atoms with Gasteiger partial charge in [-0.1, -0.05) is 30.3 Å². The zero-order valence-corrected chi connectivity index (χ0v) is 19.8. The molecule has 1 aliphatic rings. The highest BCUT2D eigenvalue weighted by Gasteiger charge is 2.47. The summed E-state index contributed by atoms with van der Waals surface area (Å²) in [6.07, 6.45) is 0. The SMILES string of the molecule is COc1c(C)cc(C)cc1/C(O)=C1\C(=O)C(=O)N(c2cccc(C)c2C)C1c1ccc(O)cc1. The number of methoxy groups -OCH3 is 1. The molecule has 1 aliphatic heterocycles. The normalized spacial score (nSPS) is 17.3. The number of Topliss-reactive ketones (excluding diaryl/α,β-unsaturated/α-hetero) is 1. The number of rotatable bonds is 4. The maximum Gasteiger partial charge on any atom is 0.300 e. The number of amides is 1. The first kappa shape index (κ1) is 23.1. The van der Waals surface area contributed by atoms with Gasteiger partial charge in [0.15, 0.2) is 0 Å². The van der Waals surface area contributed by atoms with E-state index in [4.69, 9.17) is 4.74 Å². The molecule has 174 valence electrons. The fourth-order valence-electron chi connectivity index (χ4n) is 4.60. The molecule has 4 rings (SSSR count). The number of benzene rings is 3. The van der Waals surface area contributed by atoms with Gasteiger partial charge >= 0.3 is 0 Å². The predicted octanol–water partition coefficient (Wildman–Crippen LogP) is 5.26. The summed E-state index contributed by atoms with van der Waals surface area (Å²) < 4.78 is 5.54. The summed E-state index contributed by atoms with van der Waals surface area (Å²) in [4.78, 5) is 28.3. The Morgan fingerprint density at radius 1 is 0.941 bits per heavy atom. The van der Waals surface area contributed by atoms with Gasteiger partial charge in [0, 0.05) is 5.69 Å². The van der Waals surface area contributed by atoms with E-state index in [9.17, 15) is 19.8 Å². The standard InChI is InChI=1S/C28H27NO5/c1-15-13-17(3)27(34-5)21(14-15)25(31)23-24(19-9-11-20(30)12-10-19)29(28(33)26(23)32)22-8-6-7-16(2)18(22)4/h6-14,24,30-31H,1-5H3/b25-23+. The van der Waals surface area contributed by atoms with Gasteiger partial charge in [0.05, 0.1) is 24.3 Å². The minimum absolute atomic E-state index is 0.0279. The molecule has 0 spiro atoms. The highest BCUT2D eigenvalue weighted by Crippen LogP contribution is 2.45. The van der Waals surface area contributed by atoms with E-state index >= 15 is 0 Å². The van der Waals surface area contributed by atoms with Crippen molar-refractivity contribution in [1.29, 1.82) is 0 Å². The smallest absolute Gasteiger partial charge is 0.300 e. The number of hydrogen-bond donors (Lipinski definition) is 2. The number of phenolic OH excluding ortho intramolecular Hbond substituents is 1. The summed E-state index contributed by atoms with van der Waals surface area (Å²) >= 11 is 0. The summed E-state index contributed by atoms with van der Waals surface area (Å²) in [5, 5.41) is 21.3. The Morgan fingerprint density at radius 2 is 1.62 bits per heavy atom. The fraction of sp³-hybridized carbons (Fsp3) is 0.214. The van der Waals surface area contributed by atoms with E-state index in [2.05, 4.69) is 0 Å². The van der Waals surface area contributed by atoms with Crippen molar-refractivity contribution in [2.75, 3.05) is 12.0 Å². The van der Waals surface area contributed by atoms with Crippen LogP contribution in [0.15, 0.2) is 60.2 Å². The number of ketones is 1. The Kier molecular flexibility index (Phi) is 5.92. The Bertz CT molecular complexity index is 1340. The lowest BCUT2D eigenvalue weighted by atomic mass is 9.93. The van der Waals surface area contributed by atoms with Gasteiger partial charge in [-0.05, 0) is 79.8 Å². The van der Waals surface area contributed by atoms with Gasteiger partial charge in [-0.3, -0.25) is 14.5 Å². The van der Waals surface area contributed by atoms with Crippen LogP contribution in [-0.2, 0) is 9.59 Å². The van der Waals surface area contributed by atoms with Gasteiger partial charge in [0.2, 0.25) is 0 Å². The first-order chi connectivity index (χ1) is 16.1. The topological polar surface area (TPSA) is 87.1 Å². The van der Waals surface area contributed by atoms with Crippen LogP contribution < -0.4 is 9.64 Å². The number of anilines is 1.